The Hall–Kier alpha value is -4.35. The summed E-state index contributed by atoms with van der Waals surface area (Å²) in [5.41, 5.74) is 6.94. The summed E-state index contributed by atoms with van der Waals surface area (Å²) in [6.45, 7) is 7.03. The number of aliphatic hydroxyl groups excluding tert-OH is 1. The SMILES string of the molecule is COc1cc(-c2nccc(-c3cccc(NC(=O)c4ccc(CN(C)CCO)cn4)c3C)c2Cl)ccc1CNC1CCN(C(C)=O)CC1. The smallest absolute Gasteiger partial charge is 0.274 e. The van der Waals surface area contributed by atoms with Crippen LogP contribution >= 0.6 is 11.6 Å². The van der Waals surface area contributed by atoms with Crippen molar-refractivity contribution < 1.29 is 19.4 Å². The lowest BCUT2D eigenvalue weighted by atomic mass is 9.97. The molecule has 0 bridgehead atoms. The van der Waals surface area contributed by atoms with Crippen LogP contribution in [-0.4, -0.2) is 83.1 Å². The number of nitrogens with one attached hydrogen (secondary N) is 2. The Labute approximate surface area is 287 Å². The lowest BCUT2D eigenvalue weighted by Crippen LogP contribution is -2.43. The minimum atomic E-state index is -0.310. The van der Waals surface area contributed by atoms with Crippen LogP contribution in [0.25, 0.3) is 22.4 Å². The Morgan fingerprint density at radius 2 is 1.88 bits per heavy atom. The summed E-state index contributed by atoms with van der Waals surface area (Å²) < 4.78 is 5.77. The molecule has 11 heteroatoms. The van der Waals surface area contributed by atoms with Crippen molar-refractivity contribution in [3.8, 4) is 28.1 Å². The largest absolute Gasteiger partial charge is 0.496 e. The molecule has 1 saturated heterocycles. The first kappa shape index (κ1) is 35.0. The van der Waals surface area contributed by atoms with Crippen molar-refractivity contribution in [2.45, 2.75) is 45.8 Å². The van der Waals surface area contributed by atoms with Crippen LogP contribution in [0.15, 0.2) is 67.0 Å². The third-order valence-corrected chi connectivity index (χ3v) is 9.22. The molecular weight excluding hydrogens is 628 g/mol. The second-order valence-corrected chi connectivity index (χ2v) is 12.5. The highest BCUT2D eigenvalue weighted by molar-refractivity contribution is 6.35. The molecule has 0 radical (unpaired) electrons. The van der Waals surface area contributed by atoms with Crippen molar-refractivity contribution in [1.29, 1.82) is 0 Å². The zero-order valence-electron chi connectivity index (χ0n) is 27.9. The number of rotatable bonds is 12. The fourth-order valence-corrected chi connectivity index (χ4v) is 6.33. The highest BCUT2D eigenvalue weighted by Gasteiger charge is 2.21. The molecule has 4 aromatic rings. The van der Waals surface area contributed by atoms with Gasteiger partial charge in [0.15, 0.2) is 0 Å². The van der Waals surface area contributed by atoms with Gasteiger partial charge in [-0.3, -0.25) is 24.5 Å². The Balaban J connectivity index is 1.30. The van der Waals surface area contributed by atoms with E-state index in [0.717, 1.165) is 65.1 Å². The van der Waals surface area contributed by atoms with Crippen molar-refractivity contribution in [1.82, 2.24) is 25.1 Å². The van der Waals surface area contributed by atoms with Gasteiger partial charge in [0.05, 0.1) is 24.4 Å². The highest BCUT2D eigenvalue weighted by Crippen LogP contribution is 2.39. The predicted octanol–water partition coefficient (Wildman–Crippen LogP) is 5.56. The molecule has 0 spiro atoms. The normalized spacial score (nSPS) is 13.5. The van der Waals surface area contributed by atoms with Crippen LogP contribution in [0.4, 0.5) is 5.69 Å². The van der Waals surface area contributed by atoms with Gasteiger partial charge in [0.25, 0.3) is 5.91 Å². The third-order valence-electron chi connectivity index (χ3n) is 8.83. The van der Waals surface area contributed by atoms with E-state index in [1.54, 1.807) is 32.5 Å². The summed E-state index contributed by atoms with van der Waals surface area (Å²) in [7, 11) is 3.57. The first-order valence-corrected chi connectivity index (χ1v) is 16.5. The monoisotopic (exact) mass is 670 g/mol. The van der Waals surface area contributed by atoms with Crippen molar-refractivity contribution in [2.24, 2.45) is 0 Å². The van der Waals surface area contributed by atoms with Gasteiger partial charge in [-0.25, -0.2) is 0 Å². The minimum Gasteiger partial charge on any atom is -0.496 e. The topological polar surface area (TPSA) is 120 Å². The molecule has 0 atom stereocenters. The van der Waals surface area contributed by atoms with Crippen LogP contribution in [0.3, 0.4) is 0 Å². The van der Waals surface area contributed by atoms with Gasteiger partial charge in [-0.1, -0.05) is 41.9 Å². The van der Waals surface area contributed by atoms with Gasteiger partial charge in [0.1, 0.15) is 11.4 Å². The van der Waals surface area contributed by atoms with Gasteiger partial charge in [0, 0.05) is 80.5 Å². The molecule has 1 aliphatic rings. The maximum absolute atomic E-state index is 13.1. The van der Waals surface area contributed by atoms with Gasteiger partial charge in [-0.15, -0.1) is 0 Å². The molecule has 3 N–H and O–H groups in total. The quantitative estimate of drug-likeness (QED) is 0.179. The molecule has 1 aliphatic heterocycles. The van der Waals surface area contributed by atoms with Crippen LogP contribution < -0.4 is 15.4 Å². The molecule has 2 aromatic carbocycles. The zero-order valence-corrected chi connectivity index (χ0v) is 28.7. The van der Waals surface area contributed by atoms with Gasteiger partial charge < -0.3 is 25.4 Å². The zero-order chi connectivity index (χ0) is 34.2. The van der Waals surface area contributed by atoms with Crippen LogP contribution in [0.5, 0.6) is 5.75 Å². The number of carbonyl (C=O) groups is 2. The van der Waals surface area contributed by atoms with E-state index in [4.69, 9.17) is 21.4 Å². The van der Waals surface area contributed by atoms with Crippen molar-refractivity contribution >= 4 is 29.1 Å². The maximum Gasteiger partial charge on any atom is 0.274 e. The van der Waals surface area contributed by atoms with Crippen LogP contribution in [-0.2, 0) is 17.9 Å². The molecule has 0 unspecified atom stereocenters. The second-order valence-electron chi connectivity index (χ2n) is 12.2. The fourth-order valence-electron chi connectivity index (χ4n) is 6.01. The molecule has 3 heterocycles. The number of pyridine rings is 2. The minimum absolute atomic E-state index is 0.0836. The number of amides is 2. The molecule has 5 rings (SSSR count). The number of anilines is 1. The van der Waals surface area contributed by atoms with Crippen molar-refractivity contribution in [2.75, 3.05) is 45.7 Å². The van der Waals surface area contributed by atoms with Crippen LogP contribution in [0.2, 0.25) is 5.02 Å². The number of likely N-dealkylation sites (N-methyl/N-ethyl adjacent to an activating group) is 1. The summed E-state index contributed by atoms with van der Waals surface area (Å²) in [5, 5.41) is 16.2. The third kappa shape index (κ3) is 8.38. The number of piperidine rings is 1. The number of carbonyl (C=O) groups excluding carboxylic acids is 2. The average molecular weight is 671 g/mol. The van der Waals surface area contributed by atoms with Crippen molar-refractivity contribution in [3.63, 3.8) is 0 Å². The number of halogens is 1. The standard InChI is InChI=1S/C37H43ClN6O4/c1-24-30(6-5-7-32(24)42-37(47)33-11-8-26(21-41-33)23-43(3)18-19-45)31-12-15-39-36(35(31)38)27-9-10-28(34(20-27)48-4)22-40-29-13-16-44(17-14-29)25(2)46/h5-12,15,20-21,29,40,45H,13-14,16-19,22-23H2,1-4H3,(H,42,47). The van der Waals surface area contributed by atoms with Crippen LogP contribution in [0, 0.1) is 6.92 Å². The van der Waals surface area contributed by atoms with Gasteiger partial charge >= 0.3 is 0 Å². The number of methoxy groups -OCH3 is 1. The Morgan fingerprint density at radius 3 is 2.56 bits per heavy atom. The number of hydrogen-bond acceptors (Lipinski definition) is 8. The number of nitrogens with zero attached hydrogens (tertiary/aromatic N) is 4. The number of hydrogen-bond donors (Lipinski definition) is 3. The molecule has 48 heavy (non-hydrogen) atoms. The predicted molar refractivity (Wildman–Crippen MR) is 189 cm³/mol. The number of benzene rings is 2. The first-order chi connectivity index (χ1) is 23.2. The van der Waals surface area contributed by atoms with E-state index in [9.17, 15) is 9.59 Å². The lowest BCUT2D eigenvalue weighted by Gasteiger charge is -2.32. The highest BCUT2D eigenvalue weighted by atomic mass is 35.5. The summed E-state index contributed by atoms with van der Waals surface area (Å²) in [6, 6.07) is 17.5. The fraction of sp³-hybridized carbons (Fsp3) is 0.351. The van der Waals surface area contributed by atoms with Gasteiger partial charge in [-0.2, -0.15) is 0 Å². The number of aromatic nitrogens is 2. The second kappa shape index (κ2) is 16.2. The van der Waals surface area contributed by atoms with E-state index in [-0.39, 0.29) is 18.4 Å². The molecule has 252 valence electrons. The van der Waals surface area contributed by atoms with E-state index >= 15 is 0 Å². The molecular formula is C37H43ClN6O4. The van der Waals surface area contributed by atoms with Crippen LogP contribution in [0.1, 0.15) is 46.9 Å². The number of aliphatic hydroxyl groups is 1. The van der Waals surface area contributed by atoms with Gasteiger partial charge in [0.2, 0.25) is 5.91 Å². The molecule has 2 amide bonds. The van der Waals surface area contributed by atoms with E-state index in [0.29, 0.717) is 47.8 Å². The lowest BCUT2D eigenvalue weighted by molar-refractivity contribution is -0.129. The summed E-state index contributed by atoms with van der Waals surface area (Å²) in [4.78, 5) is 37.7. The Bertz CT molecular complexity index is 1740. The average Bonchev–Trinajstić information content (AvgIpc) is 3.09. The first-order valence-electron chi connectivity index (χ1n) is 16.1. The molecule has 0 saturated carbocycles. The summed E-state index contributed by atoms with van der Waals surface area (Å²) in [5.74, 6) is 0.561. The summed E-state index contributed by atoms with van der Waals surface area (Å²) in [6.07, 6.45) is 5.26. The van der Waals surface area contributed by atoms with E-state index in [2.05, 4.69) is 20.6 Å². The Kier molecular flexibility index (Phi) is 11.8. The number of ether oxygens (including phenoxy) is 1. The maximum atomic E-state index is 13.1. The van der Waals surface area contributed by atoms with Crippen molar-refractivity contribution in [3.05, 3.63) is 94.4 Å². The molecule has 0 aliphatic carbocycles. The Morgan fingerprint density at radius 1 is 1.08 bits per heavy atom. The molecule has 10 nitrogen and oxygen atoms in total. The molecule has 2 aromatic heterocycles. The van der Waals surface area contributed by atoms with Gasteiger partial charge in [-0.05, 0) is 67.8 Å². The van der Waals surface area contributed by atoms with E-state index < -0.39 is 0 Å². The molecule has 1 fully saturated rings. The van der Waals surface area contributed by atoms with E-state index in [1.807, 2.05) is 72.3 Å². The summed E-state index contributed by atoms with van der Waals surface area (Å²) >= 11 is 7.05. The van der Waals surface area contributed by atoms with E-state index in [1.165, 1.54) is 0 Å². The number of likely N-dealkylation sites (tertiary alicyclic amines) is 1.